The van der Waals surface area contributed by atoms with Crippen molar-refractivity contribution in [3.63, 3.8) is 0 Å². The lowest BCUT2D eigenvalue weighted by Gasteiger charge is -2.26. The van der Waals surface area contributed by atoms with E-state index >= 15 is 0 Å². The summed E-state index contributed by atoms with van der Waals surface area (Å²) in [5.41, 5.74) is 4.24. The van der Waals surface area contributed by atoms with E-state index in [0.29, 0.717) is 11.1 Å². The molecule has 5 heteroatoms. The molecule has 1 aromatic heterocycles. The fourth-order valence-corrected chi connectivity index (χ4v) is 3.65. The summed E-state index contributed by atoms with van der Waals surface area (Å²) in [6.07, 6.45) is 2.00. The van der Waals surface area contributed by atoms with E-state index in [-0.39, 0.29) is 0 Å². The molecule has 0 N–H and O–H groups in total. The van der Waals surface area contributed by atoms with E-state index in [9.17, 15) is 0 Å². The SMILES string of the molecule is Cc1nnc(Cl)c(-c2ccccc2Br)c1C1CCOCC1. The summed E-state index contributed by atoms with van der Waals surface area (Å²) in [6, 6.07) is 8.10. The average molecular weight is 368 g/mol. The smallest absolute Gasteiger partial charge is 0.159 e. The highest BCUT2D eigenvalue weighted by atomic mass is 79.9. The first-order valence-electron chi connectivity index (χ1n) is 7.04. The Morgan fingerprint density at radius 1 is 1.19 bits per heavy atom. The number of nitrogens with zero attached hydrogens (tertiary/aromatic N) is 2. The molecule has 2 aromatic rings. The van der Waals surface area contributed by atoms with Gasteiger partial charge in [0.1, 0.15) is 0 Å². The molecular formula is C16H16BrClN2O. The Labute approximate surface area is 137 Å². The molecule has 0 atom stereocenters. The van der Waals surface area contributed by atoms with Crippen molar-refractivity contribution in [2.75, 3.05) is 13.2 Å². The van der Waals surface area contributed by atoms with Gasteiger partial charge >= 0.3 is 0 Å². The van der Waals surface area contributed by atoms with Crippen LogP contribution in [0, 0.1) is 6.92 Å². The van der Waals surface area contributed by atoms with Crippen molar-refractivity contribution < 1.29 is 4.74 Å². The van der Waals surface area contributed by atoms with Crippen LogP contribution >= 0.6 is 27.5 Å². The molecule has 3 nitrogen and oxygen atoms in total. The van der Waals surface area contributed by atoms with Crippen molar-refractivity contribution in [2.45, 2.75) is 25.7 Å². The molecule has 0 spiro atoms. The van der Waals surface area contributed by atoms with E-state index < -0.39 is 0 Å². The van der Waals surface area contributed by atoms with Crippen LogP contribution in [0.2, 0.25) is 5.15 Å². The molecule has 1 fully saturated rings. The molecule has 3 rings (SSSR count). The Morgan fingerprint density at radius 2 is 1.90 bits per heavy atom. The minimum Gasteiger partial charge on any atom is -0.381 e. The van der Waals surface area contributed by atoms with E-state index in [1.807, 2.05) is 25.1 Å². The number of aryl methyl sites for hydroxylation is 1. The van der Waals surface area contributed by atoms with Gasteiger partial charge < -0.3 is 4.74 Å². The van der Waals surface area contributed by atoms with Crippen LogP contribution in [0.4, 0.5) is 0 Å². The van der Waals surface area contributed by atoms with Gasteiger partial charge in [-0.3, -0.25) is 0 Å². The highest BCUT2D eigenvalue weighted by Crippen LogP contribution is 2.41. The molecule has 110 valence electrons. The third-order valence-electron chi connectivity index (χ3n) is 3.93. The van der Waals surface area contributed by atoms with Crippen molar-refractivity contribution in [1.82, 2.24) is 10.2 Å². The summed E-state index contributed by atoms with van der Waals surface area (Å²) in [5, 5.41) is 8.81. The fraction of sp³-hybridized carbons (Fsp3) is 0.375. The van der Waals surface area contributed by atoms with E-state index in [4.69, 9.17) is 16.3 Å². The van der Waals surface area contributed by atoms with Crippen molar-refractivity contribution in [2.24, 2.45) is 0 Å². The summed E-state index contributed by atoms with van der Waals surface area (Å²) >= 11 is 10.0. The van der Waals surface area contributed by atoms with Gasteiger partial charge in [-0.2, -0.15) is 5.10 Å². The number of aromatic nitrogens is 2. The van der Waals surface area contributed by atoms with Gasteiger partial charge in [0.15, 0.2) is 5.15 Å². The molecular weight excluding hydrogens is 352 g/mol. The minimum absolute atomic E-state index is 0.425. The molecule has 1 saturated heterocycles. The first-order chi connectivity index (χ1) is 10.2. The summed E-state index contributed by atoms with van der Waals surface area (Å²) in [7, 11) is 0. The number of hydrogen-bond acceptors (Lipinski definition) is 3. The Morgan fingerprint density at radius 3 is 2.62 bits per heavy atom. The normalized spacial score (nSPS) is 16.1. The van der Waals surface area contributed by atoms with Gasteiger partial charge in [-0.25, -0.2) is 0 Å². The van der Waals surface area contributed by atoms with Gasteiger partial charge in [-0.1, -0.05) is 45.7 Å². The lowest BCUT2D eigenvalue weighted by atomic mass is 9.86. The van der Waals surface area contributed by atoms with Crippen molar-refractivity contribution in [3.05, 3.63) is 45.1 Å². The van der Waals surface area contributed by atoms with E-state index in [1.165, 1.54) is 5.56 Å². The summed E-state index contributed by atoms with van der Waals surface area (Å²) < 4.78 is 6.50. The predicted molar refractivity (Wildman–Crippen MR) is 87.7 cm³/mol. The number of hydrogen-bond donors (Lipinski definition) is 0. The zero-order valence-corrected chi connectivity index (χ0v) is 14.1. The van der Waals surface area contributed by atoms with Crippen LogP contribution in [0.25, 0.3) is 11.1 Å². The zero-order chi connectivity index (χ0) is 14.8. The monoisotopic (exact) mass is 366 g/mol. The maximum Gasteiger partial charge on any atom is 0.159 e. The van der Waals surface area contributed by atoms with Crippen LogP contribution in [-0.2, 0) is 4.74 Å². The summed E-state index contributed by atoms with van der Waals surface area (Å²) in [4.78, 5) is 0. The van der Waals surface area contributed by atoms with Gasteiger partial charge in [0.25, 0.3) is 0 Å². The molecule has 21 heavy (non-hydrogen) atoms. The number of halogens is 2. The van der Waals surface area contributed by atoms with Crippen molar-refractivity contribution in [3.8, 4) is 11.1 Å². The Balaban J connectivity index is 2.19. The number of ether oxygens (including phenoxy) is 1. The Bertz CT molecular complexity index is 657. The minimum atomic E-state index is 0.425. The third-order valence-corrected chi connectivity index (χ3v) is 4.88. The van der Waals surface area contributed by atoms with Crippen LogP contribution in [0.5, 0.6) is 0 Å². The molecule has 2 heterocycles. The predicted octanol–water partition coefficient (Wildman–Crippen LogP) is 4.76. The third kappa shape index (κ3) is 2.98. The Kier molecular flexibility index (Phi) is 4.57. The van der Waals surface area contributed by atoms with Crippen LogP contribution < -0.4 is 0 Å². The zero-order valence-electron chi connectivity index (χ0n) is 11.8. The van der Waals surface area contributed by atoms with E-state index in [0.717, 1.165) is 47.3 Å². The first kappa shape index (κ1) is 14.9. The molecule has 0 unspecified atom stereocenters. The maximum atomic E-state index is 6.40. The summed E-state index contributed by atoms with van der Waals surface area (Å²) in [6.45, 7) is 3.59. The van der Waals surface area contributed by atoms with Gasteiger partial charge in [0.2, 0.25) is 0 Å². The second kappa shape index (κ2) is 6.42. The lowest BCUT2D eigenvalue weighted by Crippen LogP contribution is -2.17. The van der Waals surface area contributed by atoms with Gasteiger partial charge in [0, 0.05) is 23.2 Å². The van der Waals surface area contributed by atoms with Crippen molar-refractivity contribution in [1.29, 1.82) is 0 Å². The molecule has 0 aliphatic carbocycles. The summed E-state index contributed by atoms with van der Waals surface area (Å²) in [5.74, 6) is 0.425. The standard InChI is InChI=1S/C16H16BrClN2O/c1-10-14(11-6-8-21-9-7-11)15(16(18)20-19-10)12-4-2-3-5-13(12)17/h2-5,11H,6-9H2,1H3. The van der Waals surface area contributed by atoms with Gasteiger partial charge in [-0.15, -0.1) is 5.10 Å². The van der Waals surface area contributed by atoms with Gasteiger partial charge in [0.05, 0.1) is 5.69 Å². The second-order valence-corrected chi connectivity index (χ2v) is 6.44. The molecule has 1 aromatic carbocycles. The second-order valence-electron chi connectivity index (χ2n) is 5.23. The fourth-order valence-electron chi connectivity index (χ4n) is 2.92. The first-order valence-corrected chi connectivity index (χ1v) is 8.21. The average Bonchev–Trinajstić information content (AvgIpc) is 2.51. The lowest BCUT2D eigenvalue weighted by molar-refractivity contribution is 0.0852. The van der Waals surface area contributed by atoms with E-state index in [1.54, 1.807) is 0 Å². The highest BCUT2D eigenvalue weighted by Gasteiger charge is 2.25. The quantitative estimate of drug-likeness (QED) is 0.767. The molecule has 0 bridgehead atoms. The Hall–Kier alpha value is -0.970. The molecule has 0 amide bonds. The molecule has 1 aliphatic heterocycles. The molecule has 0 saturated carbocycles. The van der Waals surface area contributed by atoms with E-state index in [2.05, 4.69) is 32.2 Å². The van der Waals surface area contributed by atoms with Crippen LogP contribution in [0.15, 0.2) is 28.7 Å². The largest absolute Gasteiger partial charge is 0.381 e. The van der Waals surface area contributed by atoms with Crippen LogP contribution in [0.3, 0.4) is 0 Å². The molecule has 1 aliphatic rings. The van der Waals surface area contributed by atoms with Gasteiger partial charge in [-0.05, 0) is 42.9 Å². The van der Waals surface area contributed by atoms with Crippen molar-refractivity contribution >= 4 is 27.5 Å². The molecule has 0 radical (unpaired) electrons. The van der Waals surface area contributed by atoms with Crippen LogP contribution in [0.1, 0.15) is 30.0 Å². The topological polar surface area (TPSA) is 35.0 Å². The highest BCUT2D eigenvalue weighted by molar-refractivity contribution is 9.10. The number of benzene rings is 1. The van der Waals surface area contributed by atoms with Crippen LogP contribution in [-0.4, -0.2) is 23.4 Å². The number of rotatable bonds is 2. The maximum absolute atomic E-state index is 6.40.